The van der Waals surface area contributed by atoms with Gasteiger partial charge in [-0.3, -0.25) is 9.59 Å². The van der Waals surface area contributed by atoms with Crippen LogP contribution in [0.15, 0.2) is 54.6 Å². The molecule has 0 radical (unpaired) electrons. The van der Waals surface area contributed by atoms with Crippen molar-refractivity contribution in [1.29, 1.82) is 0 Å². The first-order valence-electron chi connectivity index (χ1n) is 10.6. The van der Waals surface area contributed by atoms with E-state index in [0.717, 1.165) is 19.3 Å². The number of nitrogens with zero attached hydrogens (tertiary/aromatic N) is 1. The van der Waals surface area contributed by atoms with Gasteiger partial charge in [-0.15, -0.1) is 0 Å². The zero-order chi connectivity index (χ0) is 20.1. The summed E-state index contributed by atoms with van der Waals surface area (Å²) in [5, 5.41) is 2.99. The topological polar surface area (TPSA) is 58.6 Å². The minimum Gasteiger partial charge on any atom is -0.491 e. The predicted octanol–water partition coefficient (Wildman–Crippen LogP) is 4.04. The maximum absolute atomic E-state index is 12.8. The predicted molar refractivity (Wildman–Crippen MR) is 113 cm³/mol. The Bertz CT molecular complexity index is 846. The van der Waals surface area contributed by atoms with Gasteiger partial charge in [0.1, 0.15) is 5.75 Å². The van der Waals surface area contributed by atoms with Crippen LogP contribution in [-0.2, 0) is 16.0 Å². The van der Waals surface area contributed by atoms with Gasteiger partial charge in [0.25, 0.3) is 0 Å². The lowest BCUT2D eigenvalue weighted by Gasteiger charge is -2.24. The molecule has 0 bridgehead atoms. The summed E-state index contributed by atoms with van der Waals surface area (Å²) in [5.41, 5.74) is 1.88. The Morgan fingerprint density at radius 2 is 1.76 bits per heavy atom. The number of nitrogens with one attached hydrogen (secondary N) is 1. The van der Waals surface area contributed by atoms with Crippen molar-refractivity contribution in [1.82, 2.24) is 4.90 Å². The zero-order valence-corrected chi connectivity index (χ0v) is 16.7. The molecule has 152 valence electrons. The lowest BCUT2D eigenvalue weighted by Crippen LogP contribution is -2.35. The van der Waals surface area contributed by atoms with Crippen molar-refractivity contribution < 1.29 is 14.3 Å². The van der Waals surface area contributed by atoms with E-state index in [0.29, 0.717) is 37.1 Å². The minimum absolute atomic E-state index is 0.0991. The van der Waals surface area contributed by atoms with Crippen LogP contribution < -0.4 is 10.1 Å². The van der Waals surface area contributed by atoms with E-state index < -0.39 is 0 Å². The minimum atomic E-state index is -0.291. The number of likely N-dealkylation sites (tertiary alicyclic amines) is 1. The van der Waals surface area contributed by atoms with Crippen molar-refractivity contribution in [2.45, 2.75) is 44.6 Å². The molecule has 0 aromatic heterocycles. The monoisotopic (exact) mass is 392 g/mol. The fourth-order valence-electron chi connectivity index (χ4n) is 4.33. The molecule has 1 aliphatic carbocycles. The van der Waals surface area contributed by atoms with Gasteiger partial charge in [-0.25, -0.2) is 0 Å². The molecule has 1 N–H and O–H groups in total. The molecule has 1 atom stereocenters. The van der Waals surface area contributed by atoms with Crippen molar-refractivity contribution in [3.05, 3.63) is 60.2 Å². The van der Waals surface area contributed by atoms with E-state index in [9.17, 15) is 9.59 Å². The van der Waals surface area contributed by atoms with Crippen LogP contribution in [0.25, 0.3) is 0 Å². The summed E-state index contributed by atoms with van der Waals surface area (Å²) in [5.74, 6) is 0.386. The van der Waals surface area contributed by atoms with Gasteiger partial charge >= 0.3 is 0 Å². The second-order valence-electron chi connectivity index (χ2n) is 7.95. The van der Waals surface area contributed by atoms with Crippen LogP contribution in [0.4, 0.5) is 5.69 Å². The highest BCUT2D eigenvalue weighted by molar-refractivity contribution is 5.98. The van der Waals surface area contributed by atoms with Gasteiger partial charge in [-0.05, 0) is 30.5 Å². The maximum Gasteiger partial charge on any atom is 0.229 e. The second-order valence-corrected chi connectivity index (χ2v) is 7.95. The number of ether oxygens (including phenoxy) is 1. The third-order valence-electron chi connectivity index (χ3n) is 5.93. The summed E-state index contributed by atoms with van der Waals surface area (Å²) in [6.45, 7) is 1.07. The van der Waals surface area contributed by atoms with Crippen molar-refractivity contribution in [3.63, 3.8) is 0 Å². The Kier molecular flexibility index (Phi) is 6.13. The smallest absolute Gasteiger partial charge is 0.229 e. The van der Waals surface area contributed by atoms with Gasteiger partial charge in [0.05, 0.1) is 18.2 Å². The molecule has 2 amide bonds. The van der Waals surface area contributed by atoms with Gasteiger partial charge in [0.15, 0.2) is 0 Å². The van der Waals surface area contributed by atoms with Gasteiger partial charge in [0.2, 0.25) is 11.8 Å². The molecule has 2 aromatic carbocycles. The third kappa shape index (κ3) is 4.78. The average molecular weight is 392 g/mol. The summed E-state index contributed by atoms with van der Waals surface area (Å²) in [4.78, 5) is 27.1. The quantitative estimate of drug-likeness (QED) is 0.774. The fraction of sp³-hybridized carbons (Fsp3) is 0.417. The van der Waals surface area contributed by atoms with Crippen LogP contribution in [0.2, 0.25) is 0 Å². The number of amides is 2. The van der Waals surface area contributed by atoms with E-state index in [-0.39, 0.29) is 17.7 Å². The van der Waals surface area contributed by atoms with E-state index in [2.05, 4.69) is 17.4 Å². The van der Waals surface area contributed by atoms with E-state index >= 15 is 0 Å². The lowest BCUT2D eigenvalue weighted by molar-refractivity contribution is -0.129. The van der Waals surface area contributed by atoms with Crippen LogP contribution in [0.5, 0.6) is 5.75 Å². The van der Waals surface area contributed by atoms with Crippen LogP contribution in [0.1, 0.15) is 37.7 Å². The molecule has 1 heterocycles. The number of anilines is 1. The molecule has 1 unspecified atom stereocenters. The molecule has 29 heavy (non-hydrogen) atoms. The lowest BCUT2D eigenvalue weighted by atomic mass is 10.1. The molecule has 1 saturated carbocycles. The van der Waals surface area contributed by atoms with Crippen molar-refractivity contribution in [3.8, 4) is 5.75 Å². The van der Waals surface area contributed by atoms with E-state index in [1.807, 2.05) is 47.4 Å². The Hall–Kier alpha value is -2.82. The number of rotatable bonds is 7. The summed E-state index contributed by atoms with van der Waals surface area (Å²) in [6, 6.07) is 18.0. The van der Waals surface area contributed by atoms with Crippen molar-refractivity contribution >= 4 is 17.5 Å². The highest BCUT2D eigenvalue weighted by atomic mass is 16.5. The van der Waals surface area contributed by atoms with Crippen LogP contribution >= 0.6 is 0 Å². The average Bonchev–Trinajstić information content (AvgIpc) is 3.39. The highest BCUT2D eigenvalue weighted by Gasteiger charge is 2.38. The first kappa shape index (κ1) is 19.5. The SMILES string of the molecule is O=C(Nc1ccccc1OCCc1ccccc1)C1CC(=O)N(C2CCCC2)C1. The zero-order valence-electron chi connectivity index (χ0n) is 16.7. The molecule has 2 fully saturated rings. The molecule has 1 saturated heterocycles. The van der Waals surface area contributed by atoms with Gasteiger partial charge in [-0.2, -0.15) is 0 Å². The number of hydrogen-bond acceptors (Lipinski definition) is 3. The fourth-order valence-corrected chi connectivity index (χ4v) is 4.33. The molecule has 4 rings (SSSR count). The van der Waals surface area contributed by atoms with Crippen molar-refractivity contribution in [2.75, 3.05) is 18.5 Å². The van der Waals surface area contributed by atoms with E-state index in [1.165, 1.54) is 18.4 Å². The summed E-state index contributed by atoms with van der Waals surface area (Å²) in [6.07, 6.45) is 5.60. The molecule has 5 heteroatoms. The largest absolute Gasteiger partial charge is 0.491 e. The molecule has 0 spiro atoms. The first-order valence-corrected chi connectivity index (χ1v) is 10.6. The summed E-state index contributed by atoms with van der Waals surface area (Å²) in [7, 11) is 0. The number of benzene rings is 2. The summed E-state index contributed by atoms with van der Waals surface area (Å²) < 4.78 is 5.94. The van der Waals surface area contributed by atoms with Crippen LogP contribution in [0.3, 0.4) is 0 Å². The molecule has 5 nitrogen and oxygen atoms in total. The normalized spacial score (nSPS) is 19.5. The van der Waals surface area contributed by atoms with Gasteiger partial charge in [-0.1, -0.05) is 55.3 Å². The third-order valence-corrected chi connectivity index (χ3v) is 5.93. The second kappa shape index (κ2) is 9.12. The first-order chi connectivity index (χ1) is 14.2. The molecular formula is C24H28N2O3. The molecule has 1 aliphatic heterocycles. The standard InChI is InChI=1S/C24H28N2O3/c27-23-16-19(17-26(23)20-10-4-5-11-20)24(28)25-21-12-6-7-13-22(21)29-15-14-18-8-2-1-3-9-18/h1-3,6-9,12-13,19-20H,4-5,10-11,14-17H2,(H,25,28). The highest BCUT2D eigenvalue weighted by Crippen LogP contribution is 2.31. The molecule has 2 aliphatic rings. The number of carbonyl (C=O) groups is 2. The van der Waals surface area contributed by atoms with E-state index in [4.69, 9.17) is 4.74 Å². The van der Waals surface area contributed by atoms with Crippen LogP contribution in [-0.4, -0.2) is 35.9 Å². The maximum atomic E-state index is 12.8. The Balaban J connectivity index is 1.34. The van der Waals surface area contributed by atoms with Gasteiger partial charge < -0.3 is 15.0 Å². The number of carbonyl (C=O) groups excluding carboxylic acids is 2. The number of para-hydroxylation sites is 2. The molecular weight excluding hydrogens is 364 g/mol. The summed E-state index contributed by atoms with van der Waals surface area (Å²) >= 11 is 0. The number of hydrogen-bond donors (Lipinski definition) is 1. The Morgan fingerprint density at radius 1 is 1.03 bits per heavy atom. The van der Waals surface area contributed by atoms with E-state index in [1.54, 1.807) is 0 Å². The van der Waals surface area contributed by atoms with Crippen LogP contribution in [0, 0.1) is 5.92 Å². The Morgan fingerprint density at radius 3 is 2.55 bits per heavy atom. The molecule has 2 aromatic rings. The van der Waals surface area contributed by atoms with Gasteiger partial charge in [0, 0.05) is 25.4 Å². The Labute approximate surface area is 172 Å². The van der Waals surface area contributed by atoms with Crippen molar-refractivity contribution in [2.24, 2.45) is 5.92 Å².